The second-order valence-electron chi connectivity index (χ2n) is 7.75. The minimum absolute atomic E-state index is 0.323. The maximum Gasteiger partial charge on any atom is 0.223 e. The normalized spacial score (nSPS) is 36.0. The first-order chi connectivity index (χ1) is 9.61. The Morgan fingerprint density at radius 2 is 2.00 bits per heavy atom. The van der Waals surface area contributed by atoms with Crippen LogP contribution < -0.4 is 10.6 Å². The number of amides is 1. The highest BCUT2D eigenvalue weighted by molar-refractivity contribution is 5.82. The zero-order valence-corrected chi connectivity index (χ0v) is 13.1. The molecule has 3 unspecified atom stereocenters. The summed E-state index contributed by atoms with van der Waals surface area (Å²) in [6.45, 7) is 6.84. The summed E-state index contributed by atoms with van der Waals surface area (Å²) in [6.07, 6.45) is 8.56. The first-order valence-electron chi connectivity index (χ1n) is 8.62. The van der Waals surface area contributed by atoms with Crippen LogP contribution in [0.15, 0.2) is 0 Å². The topological polar surface area (TPSA) is 41.1 Å². The fourth-order valence-electron chi connectivity index (χ4n) is 4.46. The number of hydrogen-bond donors (Lipinski definition) is 2. The largest absolute Gasteiger partial charge is 0.353 e. The Kier molecular flexibility index (Phi) is 4.07. The van der Waals surface area contributed by atoms with Gasteiger partial charge in [-0.25, -0.2) is 0 Å². The van der Waals surface area contributed by atoms with Crippen LogP contribution in [0.1, 0.15) is 58.8 Å². The van der Waals surface area contributed by atoms with Crippen LogP contribution in [0, 0.1) is 23.2 Å². The molecule has 2 saturated carbocycles. The van der Waals surface area contributed by atoms with E-state index in [-0.39, 0.29) is 0 Å². The molecule has 20 heavy (non-hydrogen) atoms. The smallest absolute Gasteiger partial charge is 0.223 e. The van der Waals surface area contributed by atoms with Crippen molar-refractivity contribution in [3.05, 3.63) is 0 Å². The van der Waals surface area contributed by atoms with E-state index in [4.69, 9.17) is 0 Å². The van der Waals surface area contributed by atoms with Crippen molar-refractivity contribution in [3.8, 4) is 0 Å². The molecule has 1 heterocycles. The molecule has 2 N–H and O–H groups in total. The van der Waals surface area contributed by atoms with Crippen LogP contribution in [-0.4, -0.2) is 25.0 Å². The quantitative estimate of drug-likeness (QED) is 0.833. The molecule has 0 bridgehead atoms. The monoisotopic (exact) mass is 278 g/mol. The van der Waals surface area contributed by atoms with Crippen LogP contribution in [0.2, 0.25) is 0 Å². The third kappa shape index (κ3) is 2.88. The van der Waals surface area contributed by atoms with Crippen molar-refractivity contribution in [2.24, 2.45) is 23.2 Å². The summed E-state index contributed by atoms with van der Waals surface area (Å²) < 4.78 is 0. The molecule has 2 aliphatic carbocycles. The van der Waals surface area contributed by atoms with Crippen molar-refractivity contribution in [1.29, 1.82) is 0 Å². The molecule has 0 aromatic carbocycles. The molecule has 0 aromatic rings. The van der Waals surface area contributed by atoms with E-state index in [0.717, 1.165) is 31.3 Å². The number of piperidine rings is 1. The van der Waals surface area contributed by atoms with Crippen LogP contribution in [0.3, 0.4) is 0 Å². The van der Waals surface area contributed by atoms with E-state index in [1.54, 1.807) is 0 Å². The molecule has 3 heteroatoms. The van der Waals surface area contributed by atoms with Gasteiger partial charge in [0.2, 0.25) is 5.91 Å². The second-order valence-corrected chi connectivity index (χ2v) is 7.75. The number of rotatable bonds is 3. The Morgan fingerprint density at radius 3 is 2.70 bits per heavy atom. The van der Waals surface area contributed by atoms with Crippen LogP contribution in [0.5, 0.6) is 0 Å². The lowest BCUT2D eigenvalue weighted by molar-refractivity contribution is -0.124. The molecule has 1 aliphatic heterocycles. The Bertz CT molecular complexity index is 360. The molecule has 114 valence electrons. The Balaban J connectivity index is 1.50. The third-order valence-electron chi connectivity index (χ3n) is 6.11. The summed E-state index contributed by atoms with van der Waals surface area (Å²) in [4.78, 5) is 12.5. The van der Waals surface area contributed by atoms with Crippen molar-refractivity contribution in [2.75, 3.05) is 13.1 Å². The van der Waals surface area contributed by atoms with E-state index in [0.29, 0.717) is 23.3 Å². The summed E-state index contributed by atoms with van der Waals surface area (Å²) in [7, 11) is 0. The Hall–Kier alpha value is -0.570. The summed E-state index contributed by atoms with van der Waals surface area (Å²) in [6, 6.07) is 0.447. The highest BCUT2D eigenvalue weighted by Crippen LogP contribution is 2.58. The molecule has 1 amide bonds. The van der Waals surface area contributed by atoms with Gasteiger partial charge in [-0.1, -0.05) is 26.7 Å². The maximum absolute atomic E-state index is 12.5. The Morgan fingerprint density at radius 1 is 1.25 bits per heavy atom. The molecule has 0 radical (unpaired) electrons. The van der Waals surface area contributed by atoms with Crippen molar-refractivity contribution in [2.45, 2.75) is 64.8 Å². The van der Waals surface area contributed by atoms with E-state index in [1.807, 2.05) is 0 Å². The van der Waals surface area contributed by atoms with Gasteiger partial charge in [-0.05, 0) is 62.4 Å². The third-order valence-corrected chi connectivity index (χ3v) is 6.11. The highest BCUT2D eigenvalue weighted by Gasteiger charge is 2.57. The molecular weight excluding hydrogens is 248 g/mol. The van der Waals surface area contributed by atoms with Gasteiger partial charge in [0.15, 0.2) is 0 Å². The van der Waals surface area contributed by atoms with Crippen LogP contribution >= 0.6 is 0 Å². The van der Waals surface area contributed by atoms with Gasteiger partial charge in [0.05, 0.1) is 0 Å². The molecule has 3 fully saturated rings. The van der Waals surface area contributed by atoms with E-state index < -0.39 is 0 Å². The zero-order valence-electron chi connectivity index (χ0n) is 13.1. The molecule has 1 saturated heterocycles. The SMILES string of the molecule is CC(C)C1CCCC(NC(=O)C2CC23CCNCC3)C1. The lowest BCUT2D eigenvalue weighted by Gasteiger charge is -2.32. The Labute approximate surface area is 123 Å². The molecule has 3 atom stereocenters. The molecule has 1 spiro atoms. The number of nitrogens with one attached hydrogen (secondary N) is 2. The maximum atomic E-state index is 12.5. The zero-order chi connectivity index (χ0) is 14.2. The van der Waals surface area contributed by atoms with Gasteiger partial charge in [0.25, 0.3) is 0 Å². The number of carbonyl (C=O) groups excluding carboxylic acids is 1. The predicted octanol–water partition coefficient (Wildman–Crippen LogP) is 2.71. The standard InChI is InChI=1S/C17H30N2O/c1-12(2)13-4-3-5-14(10-13)19-16(20)15-11-17(15)6-8-18-9-7-17/h12-15,18H,3-11H2,1-2H3,(H,19,20). The predicted molar refractivity (Wildman–Crippen MR) is 81.4 cm³/mol. The van der Waals surface area contributed by atoms with Crippen molar-refractivity contribution >= 4 is 5.91 Å². The fourth-order valence-corrected chi connectivity index (χ4v) is 4.46. The van der Waals surface area contributed by atoms with Crippen LogP contribution in [0.4, 0.5) is 0 Å². The summed E-state index contributed by atoms with van der Waals surface area (Å²) in [5.41, 5.74) is 0.376. The first-order valence-corrected chi connectivity index (χ1v) is 8.62. The average molecular weight is 278 g/mol. The van der Waals surface area contributed by atoms with Gasteiger partial charge in [-0.2, -0.15) is 0 Å². The summed E-state index contributed by atoms with van der Waals surface area (Å²) in [5, 5.41) is 6.79. The fraction of sp³-hybridized carbons (Fsp3) is 0.941. The van der Waals surface area contributed by atoms with Crippen molar-refractivity contribution in [1.82, 2.24) is 10.6 Å². The van der Waals surface area contributed by atoms with Gasteiger partial charge in [0.1, 0.15) is 0 Å². The van der Waals surface area contributed by atoms with E-state index >= 15 is 0 Å². The lowest BCUT2D eigenvalue weighted by Crippen LogP contribution is -2.41. The second kappa shape index (κ2) is 5.67. The summed E-state index contributed by atoms with van der Waals surface area (Å²) >= 11 is 0. The molecule has 3 nitrogen and oxygen atoms in total. The molecule has 3 aliphatic rings. The van der Waals surface area contributed by atoms with Gasteiger partial charge >= 0.3 is 0 Å². The van der Waals surface area contributed by atoms with Gasteiger partial charge < -0.3 is 10.6 Å². The minimum Gasteiger partial charge on any atom is -0.353 e. The number of hydrogen-bond acceptors (Lipinski definition) is 2. The highest BCUT2D eigenvalue weighted by atomic mass is 16.2. The molecule has 0 aromatic heterocycles. The van der Waals surface area contributed by atoms with Gasteiger partial charge in [-0.3, -0.25) is 4.79 Å². The van der Waals surface area contributed by atoms with Gasteiger partial charge in [-0.15, -0.1) is 0 Å². The average Bonchev–Trinajstić information content (AvgIpc) is 3.13. The minimum atomic E-state index is 0.323. The first kappa shape index (κ1) is 14.4. The molecule has 3 rings (SSSR count). The number of carbonyl (C=O) groups is 1. The van der Waals surface area contributed by atoms with Crippen molar-refractivity contribution in [3.63, 3.8) is 0 Å². The summed E-state index contributed by atoms with van der Waals surface area (Å²) in [5.74, 6) is 2.25. The van der Waals surface area contributed by atoms with Gasteiger partial charge in [0, 0.05) is 12.0 Å². The van der Waals surface area contributed by atoms with E-state index in [2.05, 4.69) is 24.5 Å². The van der Waals surface area contributed by atoms with Crippen LogP contribution in [-0.2, 0) is 4.79 Å². The van der Waals surface area contributed by atoms with E-state index in [9.17, 15) is 4.79 Å². The molecular formula is C17H30N2O. The van der Waals surface area contributed by atoms with Crippen molar-refractivity contribution < 1.29 is 4.79 Å². The van der Waals surface area contributed by atoms with Crippen LogP contribution in [0.25, 0.3) is 0 Å². The van der Waals surface area contributed by atoms with E-state index in [1.165, 1.54) is 38.5 Å². The lowest BCUT2D eigenvalue weighted by atomic mass is 9.79.